The topological polar surface area (TPSA) is 86.5 Å². The molecule has 0 aromatic heterocycles. The molecular weight excluding hydrogens is 290 g/mol. The van der Waals surface area contributed by atoms with Crippen LogP contribution in [0.4, 0.5) is 0 Å². The second-order valence-electron chi connectivity index (χ2n) is 4.27. The summed E-state index contributed by atoms with van der Waals surface area (Å²) in [6.07, 6.45) is 0.105. The highest BCUT2D eigenvalue weighted by Gasteiger charge is 2.19. The van der Waals surface area contributed by atoms with Crippen LogP contribution in [0.5, 0.6) is 5.75 Å². The molecule has 0 aliphatic heterocycles. The van der Waals surface area contributed by atoms with Crippen molar-refractivity contribution in [2.75, 3.05) is 6.61 Å². The van der Waals surface area contributed by atoms with Crippen LogP contribution in [0.1, 0.15) is 23.1 Å². The first-order chi connectivity index (χ1) is 8.64. The maximum atomic E-state index is 11.4. The van der Waals surface area contributed by atoms with Crippen molar-refractivity contribution in [3.8, 4) is 5.75 Å². The largest absolute Gasteiger partial charge is 0.492 e. The molecule has 106 valence electrons. The number of nitrogens with two attached hydrogens (primary N) is 1. The smallest absolute Gasteiger partial charge is 0.261 e. The third-order valence-corrected chi connectivity index (χ3v) is 4.28. The highest BCUT2D eigenvalue weighted by molar-refractivity contribution is 8.13. The molecule has 1 amide bonds. The van der Waals surface area contributed by atoms with Crippen LogP contribution in [-0.2, 0) is 13.8 Å². The highest BCUT2D eigenvalue weighted by Crippen LogP contribution is 2.32. The fraction of sp³-hybridized carbons (Fsp3) is 0.417. The fourth-order valence-corrected chi connectivity index (χ4v) is 3.07. The lowest BCUT2D eigenvalue weighted by molar-refractivity contribution is -0.118. The van der Waals surface area contributed by atoms with E-state index in [1.165, 1.54) is 6.07 Å². The Morgan fingerprint density at radius 2 is 1.89 bits per heavy atom. The van der Waals surface area contributed by atoms with Gasteiger partial charge in [-0.15, -0.1) is 0 Å². The van der Waals surface area contributed by atoms with Crippen LogP contribution < -0.4 is 10.5 Å². The quantitative estimate of drug-likeness (QED) is 0.840. The molecule has 0 heterocycles. The Kier molecular flexibility index (Phi) is 4.81. The summed E-state index contributed by atoms with van der Waals surface area (Å²) in [6.45, 7) is 5.28. The molecule has 1 aromatic rings. The molecule has 1 aromatic carbocycles. The minimum absolute atomic E-state index is 0.0754. The summed E-state index contributed by atoms with van der Waals surface area (Å²) in [5.74, 6) is 0.106. The van der Waals surface area contributed by atoms with Crippen LogP contribution >= 0.6 is 10.7 Å². The van der Waals surface area contributed by atoms with E-state index in [0.29, 0.717) is 22.4 Å². The van der Waals surface area contributed by atoms with Crippen LogP contribution in [0.2, 0.25) is 0 Å². The van der Waals surface area contributed by atoms with Crippen molar-refractivity contribution in [2.45, 2.75) is 32.1 Å². The molecule has 0 atom stereocenters. The molecule has 0 saturated heterocycles. The van der Waals surface area contributed by atoms with Crippen LogP contribution in [0.15, 0.2) is 11.0 Å². The number of halogens is 1. The molecule has 0 bridgehead atoms. The monoisotopic (exact) mass is 305 g/mol. The van der Waals surface area contributed by atoms with Crippen LogP contribution in [0.3, 0.4) is 0 Å². The Morgan fingerprint density at radius 1 is 1.32 bits per heavy atom. The summed E-state index contributed by atoms with van der Waals surface area (Å²) in [6, 6.07) is 1.46. The molecule has 19 heavy (non-hydrogen) atoms. The molecule has 0 fully saturated rings. The number of ether oxygens (including phenoxy) is 1. The van der Waals surface area contributed by atoms with Gasteiger partial charge in [-0.3, -0.25) is 4.79 Å². The van der Waals surface area contributed by atoms with E-state index in [2.05, 4.69) is 0 Å². The number of rotatable bonds is 5. The Morgan fingerprint density at radius 3 is 2.37 bits per heavy atom. The molecule has 0 unspecified atom stereocenters. The standard InChI is InChI=1S/C12H16ClNO4S/c1-7-6-10(19(13,16)17)8(2)9(3)12(7)18-5-4-11(14)15/h6H,4-5H2,1-3H3,(H2,14,15). The Balaban J connectivity index is 3.16. The zero-order valence-electron chi connectivity index (χ0n) is 11.0. The summed E-state index contributed by atoms with van der Waals surface area (Å²) >= 11 is 0. The van der Waals surface area contributed by atoms with Crippen molar-refractivity contribution in [1.29, 1.82) is 0 Å². The van der Waals surface area contributed by atoms with E-state index in [9.17, 15) is 13.2 Å². The summed E-state index contributed by atoms with van der Waals surface area (Å²) in [5, 5.41) is 0. The molecule has 0 saturated carbocycles. The van der Waals surface area contributed by atoms with Gasteiger partial charge in [0.2, 0.25) is 5.91 Å². The van der Waals surface area contributed by atoms with Crippen molar-refractivity contribution in [2.24, 2.45) is 5.73 Å². The molecule has 1 rings (SSSR count). The predicted molar refractivity (Wildman–Crippen MR) is 73.0 cm³/mol. The molecular formula is C12H16ClNO4S. The molecule has 5 nitrogen and oxygen atoms in total. The maximum Gasteiger partial charge on any atom is 0.261 e. The SMILES string of the molecule is Cc1cc(S(=O)(=O)Cl)c(C)c(C)c1OCCC(N)=O. The average Bonchev–Trinajstić information content (AvgIpc) is 2.26. The number of carbonyl (C=O) groups is 1. The number of aryl methyl sites for hydroxylation is 1. The van der Waals surface area contributed by atoms with Gasteiger partial charge in [-0.05, 0) is 43.5 Å². The first-order valence-corrected chi connectivity index (χ1v) is 7.92. The second kappa shape index (κ2) is 5.79. The average molecular weight is 306 g/mol. The Bertz CT molecular complexity index is 611. The zero-order valence-corrected chi connectivity index (χ0v) is 12.6. The van der Waals surface area contributed by atoms with E-state index < -0.39 is 15.0 Å². The third kappa shape index (κ3) is 3.84. The minimum Gasteiger partial charge on any atom is -0.492 e. The normalized spacial score (nSPS) is 11.4. The van der Waals surface area contributed by atoms with Gasteiger partial charge >= 0.3 is 0 Å². The minimum atomic E-state index is -3.79. The van der Waals surface area contributed by atoms with Gasteiger partial charge < -0.3 is 10.5 Å². The second-order valence-corrected chi connectivity index (χ2v) is 6.81. The van der Waals surface area contributed by atoms with E-state index in [-0.39, 0.29) is 17.9 Å². The van der Waals surface area contributed by atoms with Gasteiger partial charge in [-0.25, -0.2) is 8.42 Å². The van der Waals surface area contributed by atoms with Gasteiger partial charge in [0.1, 0.15) is 5.75 Å². The van der Waals surface area contributed by atoms with Gasteiger partial charge in [0, 0.05) is 10.7 Å². The van der Waals surface area contributed by atoms with E-state index in [1.54, 1.807) is 20.8 Å². The number of amides is 1. The molecule has 2 N–H and O–H groups in total. The van der Waals surface area contributed by atoms with Crippen molar-refractivity contribution in [1.82, 2.24) is 0 Å². The lowest BCUT2D eigenvalue weighted by Gasteiger charge is -2.15. The first kappa shape index (κ1) is 15.8. The van der Waals surface area contributed by atoms with Gasteiger partial charge in [-0.1, -0.05) is 0 Å². The highest BCUT2D eigenvalue weighted by atomic mass is 35.7. The van der Waals surface area contributed by atoms with Gasteiger partial charge in [-0.2, -0.15) is 0 Å². The van der Waals surface area contributed by atoms with Gasteiger partial charge in [0.15, 0.2) is 0 Å². The van der Waals surface area contributed by atoms with E-state index >= 15 is 0 Å². The summed E-state index contributed by atoms with van der Waals surface area (Å²) in [7, 11) is 1.59. The maximum absolute atomic E-state index is 11.4. The first-order valence-electron chi connectivity index (χ1n) is 5.61. The van der Waals surface area contributed by atoms with Gasteiger partial charge in [0.05, 0.1) is 17.9 Å². The van der Waals surface area contributed by atoms with Crippen LogP contribution in [0.25, 0.3) is 0 Å². The summed E-state index contributed by atoms with van der Waals surface area (Å²) in [4.78, 5) is 10.7. The summed E-state index contributed by atoms with van der Waals surface area (Å²) < 4.78 is 28.4. The summed E-state index contributed by atoms with van der Waals surface area (Å²) in [5.41, 5.74) is 6.89. The lowest BCUT2D eigenvalue weighted by atomic mass is 10.1. The number of benzene rings is 1. The van der Waals surface area contributed by atoms with Crippen molar-refractivity contribution in [3.05, 3.63) is 22.8 Å². The number of primary amides is 1. The van der Waals surface area contributed by atoms with E-state index in [4.69, 9.17) is 21.2 Å². The third-order valence-electron chi connectivity index (χ3n) is 2.84. The molecule has 7 heteroatoms. The molecule has 0 spiro atoms. The number of carbonyl (C=O) groups excluding carboxylic acids is 1. The zero-order chi connectivity index (χ0) is 14.8. The van der Waals surface area contributed by atoms with Crippen molar-refractivity contribution >= 4 is 25.6 Å². The number of hydrogen-bond donors (Lipinski definition) is 1. The van der Waals surface area contributed by atoms with Gasteiger partial charge in [0.25, 0.3) is 9.05 Å². The van der Waals surface area contributed by atoms with Crippen LogP contribution in [-0.4, -0.2) is 20.9 Å². The van der Waals surface area contributed by atoms with Crippen molar-refractivity contribution < 1.29 is 17.9 Å². The predicted octanol–water partition coefficient (Wildman–Crippen LogP) is 1.79. The van der Waals surface area contributed by atoms with E-state index in [1.807, 2.05) is 0 Å². The molecule has 0 aliphatic carbocycles. The fourth-order valence-electron chi connectivity index (χ4n) is 1.75. The number of hydrogen-bond acceptors (Lipinski definition) is 4. The van der Waals surface area contributed by atoms with E-state index in [0.717, 1.165) is 0 Å². The Labute approximate surface area is 117 Å². The molecule has 0 aliphatic rings. The van der Waals surface area contributed by atoms with Crippen molar-refractivity contribution in [3.63, 3.8) is 0 Å². The lowest BCUT2D eigenvalue weighted by Crippen LogP contribution is -2.15. The van der Waals surface area contributed by atoms with Crippen LogP contribution in [0, 0.1) is 20.8 Å². The Hall–Kier alpha value is -1.27. The molecule has 0 radical (unpaired) electrons.